The number of likely N-dealkylation sites (tertiary alicyclic amines) is 1. The zero-order valence-electron chi connectivity index (χ0n) is 14.1. The van der Waals surface area contributed by atoms with Gasteiger partial charge in [0.1, 0.15) is 5.60 Å². The molecule has 3 aliphatic heterocycles. The SMILES string of the molecule is CCCN1C[C@]23C=C[C@H](O2)[C@H](C(=O)NCCc2csc(N)n2)[C@@H]3C1=O. The van der Waals surface area contributed by atoms with Crippen LogP contribution in [0.3, 0.4) is 0 Å². The highest BCUT2D eigenvalue weighted by Crippen LogP contribution is 2.51. The molecule has 1 spiro atoms. The highest BCUT2D eigenvalue weighted by Gasteiger charge is 2.66. The molecule has 3 N–H and O–H groups in total. The van der Waals surface area contributed by atoms with Gasteiger partial charge in [-0.25, -0.2) is 4.98 Å². The Morgan fingerprint density at radius 3 is 3.16 bits per heavy atom. The summed E-state index contributed by atoms with van der Waals surface area (Å²) in [6.07, 6.45) is 5.14. The summed E-state index contributed by atoms with van der Waals surface area (Å²) in [7, 11) is 0. The average Bonchev–Trinajstić information content (AvgIpc) is 3.30. The molecule has 0 unspecified atom stereocenters. The van der Waals surface area contributed by atoms with E-state index in [2.05, 4.69) is 10.3 Å². The van der Waals surface area contributed by atoms with Gasteiger partial charge in [-0.2, -0.15) is 0 Å². The standard InChI is InChI=1S/C17H22N4O3S/c1-2-7-21-9-17-5-3-11(24-17)12(13(17)15(21)23)14(22)19-6-4-10-8-25-16(18)20-10/h3,5,8,11-13H,2,4,6-7,9H2,1H3,(H2,18,20)(H,19,22)/t11-,12-,13+,17-/m0/s1. The first-order valence-corrected chi connectivity index (χ1v) is 9.55. The summed E-state index contributed by atoms with van der Waals surface area (Å²) in [4.78, 5) is 31.5. The first kappa shape index (κ1) is 16.5. The first-order valence-electron chi connectivity index (χ1n) is 8.67. The Hall–Kier alpha value is -1.93. The fourth-order valence-electron chi connectivity index (χ4n) is 4.21. The number of nitrogen functional groups attached to an aromatic ring is 1. The number of nitrogens with zero attached hydrogens (tertiary/aromatic N) is 2. The molecule has 3 aliphatic rings. The van der Waals surface area contributed by atoms with Crippen molar-refractivity contribution in [1.82, 2.24) is 15.2 Å². The van der Waals surface area contributed by atoms with Gasteiger partial charge in [0.2, 0.25) is 11.8 Å². The molecule has 2 fully saturated rings. The minimum Gasteiger partial charge on any atom is -0.375 e. The van der Waals surface area contributed by atoms with Crippen molar-refractivity contribution in [3.8, 4) is 0 Å². The number of amides is 2. The number of aromatic nitrogens is 1. The van der Waals surface area contributed by atoms with Crippen LogP contribution in [-0.2, 0) is 20.7 Å². The molecule has 1 aromatic rings. The van der Waals surface area contributed by atoms with E-state index in [1.165, 1.54) is 11.3 Å². The first-order chi connectivity index (χ1) is 12.0. The minimum atomic E-state index is -0.609. The Labute approximate surface area is 150 Å². The second-order valence-electron chi connectivity index (χ2n) is 6.88. The van der Waals surface area contributed by atoms with E-state index in [9.17, 15) is 9.59 Å². The van der Waals surface area contributed by atoms with E-state index in [4.69, 9.17) is 10.5 Å². The Kier molecular flexibility index (Phi) is 4.04. The highest BCUT2D eigenvalue weighted by molar-refractivity contribution is 7.13. The van der Waals surface area contributed by atoms with Crippen molar-refractivity contribution in [3.05, 3.63) is 23.2 Å². The summed E-state index contributed by atoms with van der Waals surface area (Å²) in [5, 5.41) is 5.37. The fraction of sp³-hybridized carbons (Fsp3) is 0.588. The molecule has 8 heteroatoms. The lowest BCUT2D eigenvalue weighted by Gasteiger charge is -2.23. The van der Waals surface area contributed by atoms with E-state index < -0.39 is 17.4 Å². The molecule has 2 amide bonds. The molecular weight excluding hydrogens is 340 g/mol. The molecule has 0 aromatic carbocycles. The number of carbonyl (C=O) groups excluding carboxylic acids is 2. The van der Waals surface area contributed by atoms with Gasteiger partial charge in [-0.1, -0.05) is 19.1 Å². The lowest BCUT2D eigenvalue weighted by molar-refractivity contribution is -0.137. The van der Waals surface area contributed by atoms with Crippen LogP contribution >= 0.6 is 11.3 Å². The highest BCUT2D eigenvalue weighted by atomic mass is 32.1. The maximum atomic E-state index is 12.8. The molecule has 7 nitrogen and oxygen atoms in total. The number of nitrogens with one attached hydrogen (secondary N) is 1. The number of nitrogens with two attached hydrogens (primary N) is 1. The van der Waals surface area contributed by atoms with Gasteiger partial charge in [0.05, 0.1) is 30.2 Å². The number of carbonyl (C=O) groups is 2. The molecular formula is C17H22N4O3S. The molecule has 4 rings (SSSR count). The Balaban J connectivity index is 1.42. The van der Waals surface area contributed by atoms with Crippen LogP contribution in [0.2, 0.25) is 0 Å². The number of hydrogen-bond donors (Lipinski definition) is 2. The Morgan fingerprint density at radius 2 is 2.44 bits per heavy atom. The summed E-state index contributed by atoms with van der Waals surface area (Å²) in [5.41, 5.74) is 5.88. The van der Waals surface area contributed by atoms with Crippen molar-refractivity contribution in [2.75, 3.05) is 25.4 Å². The molecule has 4 heterocycles. The van der Waals surface area contributed by atoms with E-state index in [0.717, 1.165) is 12.1 Å². The normalized spacial score (nSPS) is 32.4. The zero-order valence-corrected chi connectivity index (χ0v) is 14.9. The Bertz CT molecular complexity index is 733. The molecule has 0 aliphatic carbocycles. The van der Waals surface area contributed by atoms with Crippen molar-refractivity contribution in [1.29, 1.82) is 0 Å². The number of rotatable bonds is 6. The van der Waals surface area contributed by atoms with Gasteiger partial charge in [-0.05, 0) is 6.42 Å². The van der Waals surface area contributed by atoms with Crippen LogP contribution < -0.4 is 11.1 Å². The molecule has 2 saturated heterocycles. The van der Waals surface area contributed by atoms with Crippen molar-refractivity contribution in [2.24, 2.45) is 11.8 Å². The van der Waals surface area contributed by atoms with E-state index in [1.54, 1.807) is 0 Å². The van der Waals surface area contributed by atoms with Gasteiger partial charge in [0, 0.05) is 24.9 Å². The molecule has 4 atom stereocenters. The third-order valence-electron chi connectivity index (χ3n) is 5.22. The zero-order chi connectivity index (χ0) is 17.6. The van der Waals surface area contributed by atoms with Crippen LogP contribution in [0, 0.1) is 11.8 Å². The van der Waals surface area contributed by atoms with Gasteiger partial charge in [-0.15, -0.1) is 11.3 Å². The van der Waals surface area contributed by atoms with Gasteiger partial charge in [0.15, 0.2) is 5.13 Å². The van der Waals surface area contributed by atoms with Crippen LogP contribution in [0.25, 0.3) is 0 Å². The topological polar surface area (TPSA) is 97.6 Å². The maximum absolute atomic E-state index is 12.8. The van der Waals surface area contributed by atoms with Crippen molar-refractivity contribution in [3.63, 3.8) is 0 Å². The summed E-state index contributed by atoms with van der Waals surface area (Å²) in [6, 6.07) is 0. The lowest BCUT2D eigenvalue weighted by Crippen LogP contribution is -2.44. The monoisotopic (exact) mass is 362 g/mol. The van der Waals surface area contributed by atoms with Crippen LogP contribution in [0.1, 0.15) is 19.0 Å². The van der Waals surface area contributed by atoms with Crippen LogP contribution in [-0.4, -0.2) is 53.0 Å². The number of anilines is 1. The lowest BCUT2D eigenvalue weighted by atomic mass is 9.77. The van der Waals surface area contributed by atoms with Crippen molar-refractivity contribution in [2.45, 2.75) is 31.5 Å². The van der Waals surface area contributed by atoms with Gasteiger partial charge in [0.25, 0.3) is 0 Å². The number of thiazole rings is 1. The van der Waals surface area contributed by atoms with Crippen LogP contribution in [0.4, 0.5) is 5.13 Å². The molecule has 2 bridgehead atoms. The van der Waals surface area contributed by atoms with Crippen molar-refractivity contribution < 1.29 is 14.3 Å². The number of hydrogen-bond acceptors (Lipinski definition) is 6. The molecule has 0 saturated carbocycles. The van der Waals surface area contributed by atoms with E-state index in [1.807, 2.05) is 29.4 Å². The molecule has 134 valence electrons. The third-order valence-corrected chi connectivity index (χ3v) is 5.95. The van der Waals surface area contributed by atoms with E-state index in [-0.39, 0.29) is 17.9 Å². The van der Waals surface area contributed by atoms with Gasteiger partial charge in [-0.3, -0.25) is 9.59 Å². The molecule has 25 heavy (non-hydrogen) atoms. The predicted octanol–water partition coefficient (Wildman–Crippen LogP) is 0.576. The second-order valence-corrected chi connectivity index (χ2v) is 7.77. The minimum absolute atomic E-state index is 0.0427. The summed E-state index contributed by atoms with van der Waals surface area (Å²) >= 11 is 1.39. The van der Waals surface area contributed by atoms with Gasteiger partial charge >= 0.3 is 0 Å². The average molecular weight is 362 g/mol. The van der Waals surface area contributed by atoms with Crippen LogP contribution in [0.15, 0.2) is 17.5 Å². The Morgan fingerprint density at radius 1 is 1.60 bits per heavy atom. The van der Waals surface area contributed by atoms with Gasteiger partial charge < -0.3 is 20.7 Å². The number of ether oxygens (including phenoxy) is 1. The third kappa shape index (κ3) is 2.64. The predicted molar refractivity (Wildman–Crippen MR) is 93.8 cm³/mol. The summed E-state index contributed by atoms with van der Waals surface area (Å²) in [6.45, 7) is 3.78. The fourth-order valence-corrected chi connectivity index (χ4v) is 4.80. The molecule has 0 radical (unpaired) electrons. The maximum Gasteiger partial charge on any atom is 0.230 e. The number of fused-ring (bicyclic) bond motifs is 1. The van der Waals surface area contributed by atoms with E-state index in [0.29, 0.717) is 31.2 Å². The summed E-state index contributed by atoms with van der Waals surface area (Å²) in [5.74, 6) is -0.916. The van der Waals surface area contributed by atoms with Crippen LogP contribution in [0.5, 0.6) is 0 Å². The second kappa shape index (κ2) is 6.10. The van der Waals surface area contributed by atoms with E-state index >= 15 is 0 Å². The van der Waals surface area contributed by atoms with Crippen molar-refractivity contribution >= 4 is 28.3 Å². The quantitative estimate of drug-likeness (QED) is 0.722. The summed E-state index contributed by atoms with van der Waals surface area (Å²) < 4.78 is 6.07. The largest absolute Gasteiger partial charge is 0.375 e. The molecule has 1 aromatic heterocycles. The smallest absolute Gasteiger partial charge is 0.230 e.